The lowest BCUT2D eigenvalue weighted by atomic mass is 10.2. The zero-order valence-electron chi connectivity index (χ0n) is 14.1. The number of hydrogen-bond acceptors (Lipinski definition) is 6. The molecule has 8 heteroatoms. The van der Waals surface area contributed by atoms with Crippen molar-refractivity contribution in [3.05, 3.63) is 30.0 Å². The maximum Gasteiger partial charge on any atom is 0.217 e. The number of aliphatic carboxylic acids is 1. The highest BCUT2D eigenvalue weighted by Crippen LogP contribution is 2.30. The summed E-state index contributed by atoms with van der Waals surface area (Å²) in [5, 5.41) is 14.4. The number of nitrogens with zero attached hydrogens (tertiary/aromatic N) is 1. The van der Waals surface area contributed by atoms with E-state index in [1.165, 1.54) is 18.7 Å². The lowest BCUT2D eigenvalue weighted by molar-refractivity contribution is -0.307. The third-order valence-corrected chi connectivity index (χ3v) is 4.32. The molecule has 7 nitrogen and oxygen atoms in total. The number of quaternary nitrogens is 1. The number of benzene rings is 1. The Kier molecular flexibility index (Phi) is 6.99. The molecule has 1 aromatic heterocycles. The Labute approximate surface area is 144 Å². The van der Waals surface area contributed by atoms with Crippen LogP contribution in [-0.2, 0) is 9.59 Å². The number of carbonyl (C=O) groups is 2. The van der Waals surface area contributed by atoms with Gasteiger partial charge < -0.3 is 26.1 Å². The van der Waals surface area contributed by atoms with Gasteiger partial charge in [0.15, 0.2) is 0 Å². The average Bonchev–Trinajstić information content (AvgIpc) is 2.50. The molecule has 0 aliphatic rings. The van der Waals surface area contributed by atoms with E-state index in [2.05, 4.69) is 10.3 Å². The van der Waals surface area contributed by atoms with Crippen molar-refractivity contribution >= 4 is 34.5 Å². The minimum atomic E-state index is -1.31. The van der Waals surface area contributed by atoms with E-state index in [9.17, 15) is 14.7 Å². The highest BCUT2D eigenvalue weighted by molar-refractivity contribution is 7.99. The molecule has 1 amide bonds. The smallest absolute Gasteiger partial charge is 0.217 e. The Hall–Kier alpha value is -2.32. The van der Waals surface area contributed by atoms with Gasteiger partial charge in [0.05, 0.1) is 24.6 Å². The summed E-state index contributed by atoms with van der Waals surface area (Å²) in [5.41, 5.74) is 1.63. The quantitative estimate of drug-likeness (QED) is 0.754. The van der Waals surface area contributed by atoms with Crippen LogP contribution in [0.3, 0.4) is 0 Å². The number of thioether (sulfide) groups is 1. The van der Waals surface area contributed by atoms with E-state index in [-0.39, 0.29) is 11.9 Å². The van der Waals surface area contributed by atoms with E-state index in [0.29, 0.717) is 5.75 Å². The van der Waals surface area contributed by atoms with Crippen LogP contribution in [0.4, 0.5) is 0 Å². The van der Waals surface area contributed by atoms with Crippen molar-refractivity contribution < 1.29 is 19.4 Å². The Balaban J connectivity index is 0.00000288. The molecule has 1 unspecified atom stereocenters. The molecule has 0 radical (unpaired) electrons. The lowest BCUT2D eigenvalue weighted by Gasteiger charge is -2.19. The van der Waals surface area contributed by atoms with Gasteiger partial charge in [-0.05, 0) is 31.2 Å². The fourth-order valence-corrected chi connectivity index (χ4v) is 3.27. The number of methoxy groups -OCH3 is 1. The van der Waals surface area contributed by atoms with Crippen LogP contribution in [0.25, 0.3) is 10.9 Å². The molecule has 0 saturated heterocycles. The van der Waals surface area contributed by atoms with Gasteiger partial charge in [-0.15, -0.1) is 11.8 Å². The van der Waals surface area contributed by atoms with E-state index in [4.69, 9.17) is 4.74 Å². The number of aromatic nitrogens is 1. The molecule has 0 bridgehead atoms. The van der Waals surface area contributed by atoms with E-state index in [1.54, 1.807) is 7.11 Å². The van der Waals surface area contributed by atoms with E-state index >= 15 is 0 Å². The molecule has 1 atom stereocenters. The second kappa shape index (κ2) is 8.51. The van der Waals surface area contributed by atoms with Gasteiger partial charge in [0.2, 0.25) is 5.91 Å². The molecular weight excluding hydrogens is 330 g/mol. The topological polar surface area (TPSA) is 128 Å². The van der Waals surface area contributed by atoms with E-state index in [1.807, 2.05) is 31.2 Å². The van der Waals surface area contributed by atoms with Crippen molar-refractivity contribution in [2.24, 2.45) is 0 Å². The minimum absolute atomic E-state index is 0. The Morgan fingerprint density at radius 2 is 2.08 bits per heavy atom. The number of rotatable bonds is 6. The molecular formula is C16H21N3O4S. The van der Waals surface area contributed by atoms with Gasteiger partial charge in [0.1, 0.15) is 5.75 Å². The van der Waals surface area contributed by atoms with Gasteiger partial charge in [-0.25, -0.2) is 0 Å². The average molecular weight is 351 g/mol. The predicted octanol–water partition coefficient (Wildman–Crippen LogP) is 1.27. The lowest BCUT2D eigenvalue weighted by Crippen LogP contribution is -2.48. The number of carbonyl (C=O) groups excluding carboxylic acids is 2. The first-order valence-electron chi connectivity index (χ1n) is 6.97. The molecule has 0 saturated carbocycles. The van der Waals surface area contributed by atoms with E-state index in [0.717, 1.165) is 21.5 Å². The maximum absolute atomic E-state index is 11.1. The second-order valence-electron chi connectivity index (χ2n) is 5.03. The number of ether oxygens (including phenoxy) is 1. The fraction of sp³-hybridized carbons (Fsp3) is 0.312. The zero-order valence-corrected chi connectivity index (χ0v) is 14.9. The molecule has 0 aliphatic carbocycles. The monoisotopic (exact) mass is 351 g/mol. The fourth-order valence-electron chi connectivity index (χ4n) is 2.13. The van der Waals surface area contributed by atoms with Crippen molar-refractivity contribution in [3.63, 3.8) is 0 Å². The standard InChI is InChI=1S/C16H18N2O4S.H3N/c1-9-6-15(23-8-14(16(20)21)18-10(2)19)12-7-11(22-3)4-5-13(12)17-9;/h4-7,14H,8H2,1-3H3,(H,18,19)(H,20,21);1H3. The number of amides is 1. The van der Waals surface area contributed by atoms with Gasteiger partial charge in [0, 0.05) is 28.7 Å². The Morgan fingerprint density at radius 1 is 1.38 bits per heavy atom. The van der Waals surface area contributed by atoms with Crippen molar-refractivity contribution in [1.29, 1.82) is 0 Å². The number of fused-ring (bicyclic) bond motifs is 1. The molecule has 130 valence electrons. The third kappa shape index (κ3) is 4.84. The summed E-state index contributed by atoms with van der Waals surface area (Å²) < 4.78 is 5.23. The summed E-state index contributed by atoms with van der Waals surface area (Å²) in [6, 6.07) is 6.37. The van der Waals surface area contributed by atoms with Gasteiger partial charge in [-0.2, -0.15) is 0 Å². The van der Waals surface area contributed by atoms with Crippen LogP contribution >= 0.6 is 11.8 Å². The molecule has 0 fully saturated rings. The molecule has 5 N–H and O–H groups in total. The summed E-state index contributed by atoms with van der Waals surface area (Å²) in [7, 11) is 1.58. The largest absolute Gasteiger partial charge is 0.548 e. The van der Waals surface area contributed by atoms with Gasteiger partial charge in [-0.3, -0.25) is 9.78 Å². The number of hydrogen-bond donors (Lipinski definition) is 2. The van der Waals surface area contributed by atoms with Crippen molar-refractivity contribution in [3.8, 4) is 5.75 Å². The number of carboxylic acid groups (broad SMARTS) is 1. The molecule has 24 heavy (non-hydrogen) atoms. The SMILES string of the molecule is COc1ccc2nc(C)cc(SCC(NC(C)=O)C(=O)[O-])c2c1.[NH4+]. The highest BCUT2D eigenvalue weighted by Gasteiger charge is 2.14. The van der Waals surface area contributed by atoms with Gasteiger partial charge in [0.25, 0.3) is 0 Å². The molecule has 2 aromatic rings. The number of aryl methyl sites for hydroxylation is 1. The molecule has 2 rings (SSSR count). The van der Waals surface area contributed by atoms with Gasteiger partial charge in [-0.1, -0.05) is 0 Å². The predicted molar refractivity (Wildman–Crippen MR) is 92.4 cm³/mol. The molecule has 0 spiro atoms. The summed E-state index contributed by atoms with van der Waals surface area (Å²) in [6.07, 6.45) is 0. The third-order valence-electron chi connectivity index (χ3n) is 3.17. The first-order chi connectivity index (χ1) is 10.9. The molecule has 1 aromatic carbocycles. The van der Waals surface area contributed by atoms with Crippen LogP contribution in [0, 0.1) is 6.92 Å². The molecule has 0 aliphatic heterocycles. The number of pyridine rings is 1. The summed E-state index contributed by atoms with van der Waals surface area (Å²) in [5.74, 6) is -0.849. The highest BCUT2D eigenvalue weighted by atomic mass is 32.2. The van der Waals surface area contributed by atoms with Gasteiger partial charge >= 0.3 is 0 Å². The number of carboxylic acids is 1. The summed E-state index contributed by atoms with van der Waals surface area (Å²) in [4.78, 5) is 27.5. The van der Waals surface area contributed by atoms with Crippen molar-refractivity contribution in [1.82, 2.24) is 16.5 Å². The van der Waals surface area contributed by atoms with Crippen LogP contribution < -0.4 is 21.3 Å². The first-order valence-corrected chi connectivity index (χ1v) is 7.95. The second-order valence-corrected chi connectivity index (χ2v) is 6.09. The minimum Gasteiger partial charge on any atom is -0.548 e. The maximum atomic E-state index is 11.1. The normalized spacial score (nSPS) is 11.5. The summed E-state index contributed by atoms with van der Waals surface area (Å²) >= 11 is 1.33. The van der Waals surface area contributed by atoms with Crippen LogP contribution in [-0.4, -0.2) is 35.8 Å². The zero-order chi connectivity index (χ0) is 17.0. The Morgan fingerprint density at radius 3 is 2.67 bits per heavy atom. The molecule has 1 heterocycles. The van der Waals surface area contributed by atoms with Crippen LogP contribution in [0.5, 0.6) is 5.75 Å². The van der Waals surface area contributed by atoms with Crippen LogP contribution in [0.15, 0.2) is 29.2 Å². The van der Waals surface area contributed by atoms with Crippen molar-refractivity contribution in [2.75, 3.05) is 12.9 Å². The van der Waals surface area contributed by atoms with E-state index < -0.39 is 17.9 Å². The number of nitrogens with one attached hydrogen (secondary N) is 1. The van der Waals surface area contributed by atoms with Crippen LogP contribution in [0.2, 0.25) is 0 Å². The first kappa shape index (κ1) is 19.7. The van der Waals surface area contributed by atoms with Crippen molar-refractivity contribution in [2.45, 2.75) is 24.8 Å². The Bertz CT molecular complexity index is 751. The van der Waals surface area contributed by atoms with Crippen LogP contribution in [0.1, 0.15) is 12.6 Å². The summed E-state index contributed by atoms with van der Waals surface area (Å²) in [6.45, 7) is 3.15.